The molecule has 2 heterocycles. The van der Waals surface area contributed by atoms with Crippen molar-refractivity contribution in [1.29, 1.82) is 0 Å². The third-order valence-corrected chi connectivity index (χ3v) is 5.08. The molecular weight excluding hydrogens is 304 g/mol. The van der Waals surface area contributed by atoms with Crippen molar-refractivity contribution in [3.8, 4) is 0 Å². The first-order valence-corrected chi connectivity index (χ1v) is 8.62. The largest absolute Gasteiger partial charge is 0.481 e. The summed E-state index contributed by atoms with van der Waals surface area (Å²) in [6, 6.07) is 4.55. The number of carboxylic acid groups (broad SMARTS) is 1. The second-order valence-corrected chi connectivity index (χ2v) is 6.56. The molecule has 0 fully saturated rings. The van der Waals surface area contributed by atoms with E-state index in [0.717, 1.165) is 32.8 Å². The quantitative estimate of drug-likeness (QED) is 0.793. The van der Waals surface area contributed by atoms with Crippen molar-refractivity contribution in [2.45, 2.75) is 39.8 Å². The second kappa shape index (κ2) is 6.95. The van der Waals surface area contributed by atoms with Crippen molar-refractivity contribution < 1.29 is 14.6 Å². The van der Waals surface area contributed by atoms with Crippen LogP contribution in [-0.4, -0.2) is 40.3 Å². The van der Waals surface area contributed by atoms with Crippen LogP contribution in [0.15, 0.2) is 12.1 Å². The first-order valence-electron chi connectivity index (χ1n) is 8.62. The summed E-state index contributed by atoms with van der Waals surface area (Å²) in [7, 11) is 2.07. The number of hydrogen-bond acceptors (Lipinski definition) is 3. The molecule has 0 atom stereocenters. The van der Waals surface area contributed by atoms with Gasteiger partial charge in [0.25, 0.3) is 0 Å². The van der Waals surface area contributed by atoms with Crippen molar-refractivity contribution in [2.75, 3.05) is 19.8 Å². The number of fused-ring (bicyclic) bond motifs is 2. The maximum absolute atomic E-state index is 11.0. The summed E-state index contributed by atoms with van der Waals surface area (Å²) >= 11 is 0. The molecule has 0 saturated carbocycles. The lowest BCUT2D eigenvalue weighted by Gasteiger charge is -2.13. The van der Waals surface area contributed by atoms with Crippen LogP contribution < -0.4 is 0 Å². The van der Waals surface area contributed by atoms with E-state index in [4.69, 9.17) is 9.84 Å². The number of benzene rings is 1. The standard InChI is InChI=1S/C19H26N2O3/c1-4-24-8-7-21-11-14-9-17-16(5-6-19(22)23)13(2)20(3)18(17)10-15(14)12-21/h9-10H,4-8,11-12H2,1-3H3,(H,22,23). The molecular formula is C19H26N2O3. The lowest BCUT2D eigenvalue weighted by molar-refractivity contribution is -0.136. The van der Waals surface area contributed by atoms with Crippen molar-refractivity contribution in [3.05, 3.63) is 34.5 Å². The summed E-state index contributed by atoms with van der Waals surface area (Å²) in [5, 5.41) is 10.2. The van der Waals surface area contributed by atoms with E-state index in [1.807, 2.05) is 6.92 Å². The summed E-state index contributed by atoms with van der Waals surface area (Å²) in [5.74, 6) is -0.741. The molecule has 2 aromatic rings. The summed E-state index contributed by atoms with van der Waals surface area (Å²) in [6.07, 6.45) is 0.767. The van der Waals surface area contributed by atoms with Gasteiger partial charge in [-0.05, 0) is 49.1 Å². The topological polar surface area (TPSA) is 54.7 Å². The molecule has 3 rings (SSSR count). The van der Waals surface area contributed by atoms with E-state index in [9.17, 15) is 4.79 Å². The average Bonchev–Trinajstić information content (AvgIpc) is 3.04. The highest BCUT2D eigenvalue weighted by atomic mass is 16.5. The van der Waals surface area contributed by atoms with Crippen molar-refractivity contribution >= 4 is 16.9 Å². The molecule has 0 unspecified atom stereocenters. The number of rotatable bonds is 7. The molecule has 0 spiro atoms. The van der Waals surface area contributed by atoms with Crippen LogP contribution in [0.3, 0.4) is 0 Å². The third kappa shape index (κ3) is 3.19. The van der Waals surface area contributed by atoms with Crippen molar-refractivity contribution in [1.82, 2.24) is 9.47 Å². The molecule has 0 amide bonds. The molecule has 130 valence electrons. The van der Waals surface area contributed by atoms with E-state index < -0.39 is 5.97 Å². The molecule has 0 saturated heterocycles. The molecule has 24 heavy (non-hydrogen) atoms. The van der Waals surface area contributed by atoms with Crippen LogP contribution in [-0.2, 0) is 36.1 Å². The average molecular weight is 330 g/mol. The van der Waals surface area contributed by atoms with E-state index in [-0.39, 0.29) is 6.42 Å². The number of aryl methyl sites for hydroxylation is 2. The minimum absolute atomic E-state index is 0.178. The van der Waals surface area contributed by atoms with Gasteiger partial charge in [-0.25, -0.2) is 0 Å². The fourth-order valence-corrected chi connectivity index (χ4v) is 3.65. The first-order chi connectivity index (χ1) is 11.5. The predicted octanol–water partition coefficient (Wildman–Crippen LogP) is 2.86. The molecule has 0 bridgehead atoms. The lowest BCUT2D eigenvalue weighted by Crippen LogP contribution is -2.21. The Balaban J connectivity index is 1.88. The van der Waals surface area contributed by atoms with Crippen LogP contribution in [0.1, 0.15) is 35.7 Å². The van der Waals surface area contributed by atoms with Gasteiger partial charge in [0.15, 0.2) is 0 Å². The van der Waals surface area contributed by atoms with Gasteiger partial charge in [-0.3, -0.25) is 9.69 Å². The van der Waals surface area contributed by atoms with Gasteiger partial charge in [-0.1, -0.05) is 0 Å². The molecule has 0 aliphatic carbocycles. The number of aliphatic carboxylic acids is 1. The maximum atomic E-state index is 11.0. The fourth-order valence-electron chi connectivity index (χ4n) is 3.65. The first kappa shape index (κ1) is 17.0. The van der Waals surface area contributed by atoms with Gasteiger partial charge in [-0.2, -0.15) is 0 Å². The van der Waals surface area contributed by atoms with Gasteiger partial charge in [0.1, 0.15) is 0 Å². The van der Waals surface area contributed by atoms with Crippen molar-refractivity contribution in [2.24, 2.45) is 7.05 Å². The lowest BCUT2D eigenvalue weighted by atomic mass is 10.0. The highest BCUT2D eigenvalue weighted by Gasteiger charge is 2.22. The van der Waals surface area contributed by atoms with E-state index in [1.165, 1.54) is 33.3 Å². The normalized spacial score (nSPS) is 14.5. The van der Waals surface area contributed by atoms with E-state index >= 15 is 0 Å². The summed E-state index contributed by atoms with van der Waals surface area (Å²) < 4.78 is 7.65. The molecule has 1 aromatic heterocycles. The number of aromatic nitrogens is 1. The Labute approximate surface area is 142 Å². The second-order valence-electron chi connectivity index (χ2n) is 6.56. The Kier molecular flexibility index (Phi) is 4.92. The third-order valence-electron chi connectivity index (χ3n) is 5.08. The number of hydrogen-bond donors (Lipinski definition) is 1. The summed E-state index contributed by atoms with van der Waals surface area (Å²) in [4.78, 5) is 13.4. The van der Waals surface area contributed by atoms with E-state index in [1.54, 1.807) is 0 Å². The Bertz CT molecular complexity index is 764. The summed E-state index contributed by atoms with van der Waals surface area (Å²) in [5.41, 5.74) is 6.29. The van der Waals surface area contributed by atoms with Crippen LogP contribution >= 0.6 is 0 Å². The highest BCUT2D eigenvalue weighted by molar-refractivity contribution is 5.87. The van der Waals surface area contributed by atoms with Gasteiger partial charge in [0.05, 0.1) is 6.61 Å². The Morgan fingerprint density at radius 3 is 2.67 bits per heavy atom. The zero-order valence-corrected chi connectivity index (χ0v) is 14.8. The predicted molar refractivity (Wildman–Crippen MR) is 94.2 cm³/mol. The highest BCUT2D eigenvalue weighted by Crippen LogP contribution is 2.32. The molecule has 5 nitrogen and oxygen atoms in total. The number of nitrogens with zero attached hydrogens (tertiary/aromatic N) is 2. The SMILES string of the molecule is CCOCCN1Cc2cc3c(CCC(=O)O)c(C)n(C)c3cc2C1. The molecule has 0 radical (unpaired) electrons. The van der Waals surface area contributed by atoms with Crippen LogP contribution in [0, 0.1) is 6.92 Å². The number of carbonyl (C=O) groups is 1. The molecule has 5 heteroatoms. The molecule has 1 aliphatic heterocycles. The monoisotopic (exact) mass is 330 g/mol. The Morgan fingerprint density at radius 2 is 2.00 bits per heavy atom. The van der Waals surface area contributed by atoms with Gasteiger partial charge in [-0.15, -0.1) is 0 Å². The Morgan fingerprint density at radius 1 is 1.29 bits per heavy atom. The zero-order chi connectivity index (χ0) is 17.3. The number of carboxylic acids is 1. The van der Waals surface area contributed by atoms with Crippen LogP contribution in [0.25, 0.3) is 10.9 Å². The summed E-state index contributed by atoms with van der Waals surface area (Å²) in [6.45, 7) is 8.49. The maximum Gasteiger partial charge on any atom is 0.303 e. The van der Waals surface area contributed by atoms with Gasteiger partial charge in [0, 0.05) is 56.3 Å². The Hall–Kier alpha value is -1.85. The molecule has 1 aliphatic rings. The van der Waals surface area contributed by atoms with E-state index in [2.05, 4.69) is 35.6 Å². The molecule has 1 aromatic carbocycles. The number of ether oxygens (including phenoxy) is 1. The fraction of sp³-hybridized carbons (Fsp3) is 0.526. The smallest absolute Gasteiger partial charge is 0.303 e. The molecule has 1 N–H and O–H groups in total. The van der Waals surface area contributed by atoms with Crippen LogP contribution in [0.4, 0.5) is 0 Å². The van der Waals surface area contributed by atoms with Gasteiger partial charge < -0.3 is 14.4 Å². The van der Waals surface area contributed by atoms with E-state index in [0.29, 0.717) is 6.42 Å². The van der Waals surface area contributed by atoms with Crippen LogP contribution in [0.2, 0.25) is 0 Å². The van der Waals surface area contributed by atoms with Gasteiger partial charge >= 0.3 is 5.97 Å². The van der Waals surface area contributed by atoms with Gasteiger partial charge in [0.2, 0.25) is 0 Å². The minimum atomic E-state index is -0.741. The van der Waals surface area contributed by atoms with Crippen molar-refractivity contribution in [3.63, 3.8) is 0 Å². The minimum Gasteiger partial charge on any atom is -0.481 e. The van der Waals surface area contributed by atoms with Crippen LogP contribution in [0.5, 0.6) is 0 Å². The zero-order valence-electron chi connectivity index (χ0n) is 14.8.